The van der Waals surface area contributed by atoms with E-state index in [1.165, 1.54) is 21.2 Å². The predicted octanol–water partition coefficient (Wildman–Crippen LogP) is 5.47. The number of fused-ring (bicyclic) bond motifs is 1. The van der Waals surface area contributed by atoms with E-state index in [9.17, 15) is 0 Å². The molecule has 1 nitrogen and oxygen atoms in total. The van der Waals surface area contributed by atoms with Crippen molar-refractivity contribution in [1.82, 2.24) is 5.32 Å². The summed E-state index contributed by atoms with van der Waals surface area (Å²) in [7, 11) is 1.99. The summed E-state index contributed by atoms with van der Waals surface area (Å²) in [5.74, 6) is 0. The lowest BCUT2D eigenvalue weighted by atomic mass is 9.98. The molecule has 20 heavy (non-hydrogen) atoms. The van der Waals surface area contributed by atoms with Crippen LogP contribution in [0.4, 0.5) is 0 Å². The Hall–Kier alpha value is -0.620. The Labute approximate surface area is 141 Å². The van der Waals surface area contributed by atoms with E-state index in [1.54, 1.807) is 11.3 Å². The molecule has 2 aromatic carbocycles. The zero-order chi connectivity index (χ0) is 14.1. The van der Waals surface area contributed by atoms with Crippen LogP contribution in [0.5, 0.6) is 0 Å². The van der Waals surface area contributed by atoms with Crippen LogP contribution in [0.25, 0.3) is 10.1 Å². The SMILES string of the molecule is CNC(c1ccc(I)c(Cl)c1)c1cccc2ccsc12. The van der Waals surface area contributed by atoms with Crippen LogP contribution in [-0.4, -0.2) is 7.05 Å². The fraction of sp³-hybridized carbons (Fsp3) is 0.125. The molecule has 3 aromatic rings. The van der Waals surface area contributed by atoms with Crippen LogP contribution in [0.1, 0.15) is 17.2 Å². The summed E-state index contributed by atoms with van der Waals surface area (Å²) in [6.07, 6.45) is 0. The second-order valence-electron chi connectivity index (χ2n) is 4.58. The molecule has 1 unspecified atom stereocenters. The van der Waals surface area contributed by atoms with Crippen molar-refractivity contribution in [3.63, 3.8) is 0 Å². The van der Waals surface area contributed by atoms with Gasteiger partial charge in [0.05, 0.1) is 11.1 Å². The van der Waals surface area contributed by atoms with Gasteiger partial charge in [-0.1, -0.05) is 35.9 Å². The molecular weight excluding hydrogens is 401 g/mol. The predicted molar refractivity (Wildman–Crippen MR) is 96.9 cm³/mol. The van der Waals surface area contributed by atoms with Crippen molar-refractivity contribution in [1.29, 1.82) is 0 Å². The average Bonchev–Trinajstić information content (AvgIpc) is 2.93. The van der Waals surface area contributed by atoms with E-state index in [0.29, 0.717) is 0 Å². The van der Waals surface area contributed by atoms with Crippen molar-refractivity contribution in [2.24, 2.45) is 0 Å². The molecule has 0 aliphatic heterocycles. The molecule has 1 aromatic heterocycles. The monoisotopic (exact) mass is 413 g/mol. The van der Waals surface area contributed by atoms with E-state index in [2.05, 4.69) is 75.8 Å². The van der Waals surface area contributed by atoms with E-state index < -0.39 is 0 Å². The van der Waals surface area contributed by atoms with Gasteiger partial charge in [-0.15, -0.1) is 11.3 Å². The third kappa shape index (κ3) is 2.60. The van der Waals surface area contributed by atoms with Crippen LogP contribution in [0.3, 0.4) is 0 Å². The molecule has 3 rings (SSSR count). The van der Waals surface area contributed by atoms with Crippen molar-refractivity contribution >= 4 is 55.6 Å². The Balaban J connectivity index is 2.13. The number of hydrogen-bond acceptors (Lipinski definition) is 2. The highest BCUT2D eigenvalue weighted by molar-refractivity contribution is 14.1. The average molecular weight is 414 g/mol. The molecule has 0 radical (unpaired) electrons. The third-order valence-corrected chi connectivity index (χ3v) is 5.94. The summed E-state index contributed by atoms with van der Waals surface area (Å²) >= 11 is 10.3. The van der Waals surface area contributed by atoms with Gasteiger partial charge < -0.3 is 5.32 Å². The Kier molecular flexibility index (Phi) is 4.31. The van der Waals surface area contributed by atoms with Gasteiger partial charge in [0, 0.05) is 8.27 Å². The van der Waals surface area contributed by atoms with Crippen molar-refractivity contribution in [3.05, 3.63) is 67.6 Å². The molecule has 0 aliphatic carbocycles. The fourth-order valence-electron chi connectivity index (χ4n) is 2.44. The first-order chi connectivity index (χ1) is 9.70. The van der Waals surface area contributed by atoms with Crippen molar-refractivity contribution < 1.29 is 0 Å². The van der Waals surface area contributed by atoms with E-state index >= 15 is 0 Å². The molecule has 4 heteroatoms. The summed E-state index contributed by atoms with van der Waals surface area (Å²) in [4.78, 5) is 0. The molecule has 102 valence electrons. The topological polar surface area (TPSA) is 12.0 Å². The molecular formula is C16H13ClINS. The highest BCUT2D eigenvalue weighted by Gasteiger charge is 2.16. The Morgan fingerprint density at radius 2 is 2.05 bits per heavy atom. The highest BCUT2D eigenvalue weighted by atomic mass is 127. The molecule has 0 fully saturated rings. The van der Waals surface area contributed by atoms with Crippen LogP contribution in [0, 0.1) is 3.57 Å². The number of hydrogen-bond donors (Lipinski definition) is 1. The second kappa shape index (κ2) is 6.02. The number of rotatable bonds is 3. The lowest BCUT2D eigenvalue weighted by Gasteiger charge is -2.18. The van der Waals surface area contributed by atoms with E-state index in [1.807, 2.05) is 7.05 Å². The van der Waals surface area contributed by atoms with Gasteiger partial charge in [0.15, 0.2) is 0 Å². The Morgan fingerprint density at radius 3 is 2.80 bits per heavy atom. The van der Waals surface area contributed by atoms with Gasteiger partial charge in [-0.05, 0) is 69.7 Å². The first kappa shape index (κ1) is 14.3. The van der Waals surface area contributed by atoms with Crippen molar-refractivity contribution in [3.8, 4) is 0 Å². The molecule has 0 spiro atoms. The number of thiophene rings is 1. The minimum Gasteiger partial charge on any atom is -0.309 e. The van der Waals surface area contributed by atoms with Gasteiger partial charge in [-0.3, -0.25) is 0 Å². The maximum Gasteiger partial charge on any atom is 0.0589 e. The summed E-state index contributed by atoms with van der Waals surface area (Å²) < 4.78 is 2.42. The maximum absolute atomic E-state index is 6.27. The van der Waals surface area contributed by atoms with Gasteiger partial charge in [-0.25, -0.2) is 0 Å². The Bertz CT molecular complexity index is 753. The molecule has 0 bridgehead atoms. The normalized spacial score (nSPS) is 12.8. The van der Waals surface area contributed by atoms with Crippen LogP contribution in [0.2, 0.25) is 5.02 Å². The summed E-state index contributed by atoms with van der Waals surface area (Å²) in [6, 6.07) is 15.0. The molecule has 0 aliphatic rings. The maximum atomic E-state index is 6.27. The van der Waals surface area contributed by atoms with Crippen LogP contribution >= 0.6 is 45.5 Å². The molecule has 1 N–H and O–H groups in total. The number of halogens is 2. The van der Waals surface area contributed by atoms with Gasteiger partial charge in [-0.2, -0.15) is 0 Å². The molecule has 1 atom stereocenters. The van der Waals surface area contributed by atoms with Crippen molar-refractivity contribution in [2.45, 2.75) is 6.04 Å². The van der Waals surface area contributed by atoms with E-state index in [0.717, 1.165) is 8.59 Å². The second-order valence-corrected chi connectivity index (χ2v) is 7.07. The minimum atomic E-state index is 0.159. The summed E-state index contributed by atoms with van der Waals surface area (Å²) in [5, 5.41) is 7.65. The first-order valence-corrected chi connectivity index (χ1v) is 8.62. The zero-order valence-corrected chi connectivity index (χ0v) is 14.6. The van der Waals surface area contributed by atoms with Gasteiger partial charge in [0.2, 0.25) is 0 Å². The molecule has 0 amide bonds. The lowest BCUT2D eigenvalue weighted by molar-refractivity contribution is 0.697. The van der Waals surface area contributed by atoms with Crippen LogP contribution in [-0.2, 0) is 0 Å². The van der Waals surface area contributed by atoms with E-state index in [-0.39, 0.29) is 6.04 Å². The lowest BCUT2D eigenvalue weighted by Crippen LogP contribution is -2.17. The quantitative estimate of drug-likeness (QED) is 0.562. The standard InChI is InChI=1S/C16H13ClINS/c1-19-15(11-5-6-14(18)13(17)9-11)12-4-2-3-10-7-8-20-16(10)12/h2-9,15,19H,1H3. The fourth-order valence-corrected chi connectivity index (χ4v) is 3.91. The van der Waals surface area contributed by atoms with E-state index in [4.69, 9.17) is 11.6 Å². The van der Waals surface area contributed by atoms with Crippen LogP contribution in [0.15, 0.2) is 47.8 Å². The van der Waals surface area contributed by atoms with Gasteiger partial charge in [0.25, 0.3) is 0 Å². The van der Waals surface area contributed by atoms with Crippen LogP contribution < -0.4 is 5.32 Å². The molecule has 0 saturated heterocycles. The van der Waals surface area contributed by atoms with Gasteiger partial charge in [0.1, 0.15) is 0 Å². The molecule has 1 heterocycles. The minimum absolute atomic E-state index is 0.159. The first-order valence-electron chi connectivity index (χ1n) is 6.29. The number of benzene rings is 2. The van der Waals surface area contributed by atoms with Crippen molar-refractivity contribution in [2.75, 3.05) is 7.05 Å². The summed E-state index contributed by atoms with van der Waals surface area (Å²) in [5.41, 5.74) is 2.50. The zero-order valence-electron chi connectivity index (χ0n) is 10.9. The third-order valence-electron chi connectivity index (χ3n) is 3.39. The molecule has 0 saturated carbocycles. The largest absolute Gasteiger partial charge is 0.309 e. The highest BCUT2D eigenvalue weighted by Crippen LogP contribution is 2.33. The van der Waals surface area contributed by atoms with Gasteiger partial charge >= 0.3 is 0 Å². The smallest absolute Gasteiger partial charge is 0.0589 e. The summed E-state index contributed by atoms with van der Waals surface area (Å²) in [6.45, 7) is 0. The number of nitrogens with one attached hydrogen (secondary N) is 1. The Morgan fingerprint density at radius 1 is 1.20 bits per heavy atom.